The third kappa shape index (κ3) is 6.22. The van der Waals surface area contributed by atoms with Crippen molar-refractivity contribution in [3.8, 4) is 17.3 Å². The zero-order valence-electron chi connectivity index (χ0n) is 19.4. The number of thioether (sulfide) groups is 1. The molecule has 4 aromatic rings. The van der Waals surface area contributed by atoms with Crippen LogP contribution in [0.5, 0.6) is 0 Å². The van der Waals surface area contributed by atoms with E-state index < -0.39 is 23.2 Å². The van der Waals surface area contributed by atoms with Gasteiger partial charge in [0.1, 0.15) is 11.1 Å². The standard InChI is InChI=1S/C28H17ClF3N3O2S/c29-19-11-12-23(20(13-19)26(37)18-9-5-2-6-10-18)34-25(36)16-38-27-21(15-33)22(28(30,31)32)14-24(35-27)17-7-3-1-4-8-17/h1-14H,16H2,(H,34,36). The largest absolute Gasteiger partial charge is 0.417 e. The number of alkyl halides is 3. The number of pyridine rings is 1. The highest BCUT2D eigenvalue weighted by Gasteiger charge is 2.36. The highest BCUT2D eigenvalue weighted by molar-refractivity contribution is 8.00. The summed E-state index contributed by atoms with van der Waals surface area (Å²) in [7, 11) is 0. The van der Waals surface area contributed by atoms with Crippen LogP contribution in [0.15, 0.2) is 90.0 Å². The second-order valence-electron chi connectivity index (χ2n) is 7.93. The van der Waals surface area contributed by atoms with Gasteiger partial charge in [-0.3, -0.25) is 9.59 Å². The molecule has 1 aromatic heterocycles. The highest BCUT2D eigenvalue weighted by Crippen LogP contribution is 2.38. The quantitative estimate of drug-likeness (QED) is 0.193. The lowest BCUT2D eigenvalue weighted by Gasteiger charge is -2.15. The molecule has 190 valence electrons. The Balaban J connectivity index is 1.61. The van der Waals surface area contributed by atoms with Crippen molar-refractivity contribution in [2.24, 2.45) is 0 Å². The molecule has 0 radical (unpaired) electrons. The van der Waals surface area contributed by atoms with Gasteiger partial charge in [-0.25, -0.2) is 4.98 Å². The lowest BCUT2D eigenvalue weighted by atomic mass is 10.0. The molecule has 0 saturated carbocycles. The van der Waals surface area contributed by atoms with Crippen LogP contribution in [-0.2, 0) is 11.0 Å². The molecule has 0 spiro atoms. The maximum atomic E-state index is 13.8. The highest BCUT2D eigenvalue weighted by atomic mass is 35.5. The average molecular weight is 552 g/mol. The molecule has 0 aliphatic heterocycles. The van der Waals surface area contributed by atoms with E-state index in [0.29, 0.717) is 22.9 Å². The SMILES string of the molecule is N#Cc1c(C(F)(F)F)cc(-c2ccccc2)nc1SCC(=O)Nc1ccc(Cl)cc1C(=O)c1ccccc1. The minimum atomic E-state index is -4.80. The monoisotopic (exact) mass is 551 g/mol. The van der Waals surface area contributed by atoms with Crippen LogP contribution in [0.4, 0.5) is 18.9 Å². The van der Waals surface area contributed by atoms with Crippen LogP contribution in [-0.4, -0.2) is 22.4 Å². The molecular formula is C28H17ClF3N3O2S. The number of aromatic nitrogens is 1. The van der Waals surface area contributed by atoms with Gasteiger partial charge in [0.15, 0.2) is 5.78 Å². The third-order valence-corrected chi connectivity index (χ3v) is 6.56. The van der Waals surface area contributed by atoms with Crippen molar-refractivity contribution < 1.29 is 22.8 Å². The fraction of sp³-hybridized carbons (Fsp3) is 0.0714. The van der Waals surface area contributed by atoms with Crippen LogP contribution in [0.1, 0.15) is 27.0 Å². The van der Waals surface area contributed by atoms with Crippen molar-refractivity contribution in [3.05, 3.63) is 112 Å². The molecule has 10 heteroatoms. The van der Waals surface area contributed by atoms with E-state index in [-0.39, 0.29) is 38.5 Å². The summed E-state index contributed by atoms with van der Waals surface area (Å²) < 4.78 is 41.3. The minimum absolute atomic E-state index is 0.0216. The molecular weight excluding hydrogens is 535 g/mol. The molecule has 38 heavy (non-hydrogen) atoms. The first-order valence-corrected chi connectivity index (χ1v) is 12.4. The maximum Gasteiger partial charge on any atom is 0.417 e. The first-order chi connectivity index (χ1) is 18.2. The predicted octanol–water partition coefficient (Wildman–Crippen LogP) is 7.25. The number of amides is 1. The molecule has 0 atom stereocenters. The minimum Gasteiger partial charge on any atom is -0.325 e. The molecule has 1 N–H and O–H groups in total. The Morgan fingerprint density at radius 2 is 1.63 bits per heavy atom. The Hall–Kier alpha value is -4.13. The number of hydrogen-bond donors (Lipinski definition) is 1. The van der Waals surface area contributed by atoms with Gasteiger partial charge < -0.3 is 5.32 Å². The smallest absolute Gasteiger partial charge is 0.325 e. The van der Waals surface area contributed by atoms with E-state index in [1.807, 2.05) is 0 Å². The van der Waals surface area contributed by atoms with Crippen molar-refractivity contribution in [3.63, 3.8) is 0 Å². The van der Waals surface area contributed by atoms with Crippen LogP contribution in [0, 0.1) is 11.3 Å². The normalized spacial score (nSPS) is 11.0. The molecule has 5 nitrogen and oxygen atoms in total. The summed E-state index contributed by atoms with van der Waals surface area (Å²) in [5.74, 6) is -1.34. The van der Waals surface area contributed by atoms with Gasteiger partial charge in [-0.2, -0.15) is 18.4 Å². The average Bonchev–Trinajstić information content (AvgIpc) is 2.92. The first-order valence-electron chi connectivity index (χ1n) is 11.1. The Morgan fingerprint density at radius 1 is 0.974 bits per heavy atom. The van der Waals surface area contributed by atoms with Crippen molar-refractivity contribution in [2.75, 3.05) is 11.1 Å². The van der Waals surface area contributed by atoms with E-state index in [9.17, 15) is 28.0 Å². The first kappa shape index (κ1) is 26.9. The zero-order valence-corrected chi connectivity index (χ0v) is 21.0. The molecule has 1 heterocycles. The molecule has 4 rings (SSSR count). The molecule has 0 aliphatic carbocycles. The Labute approximate surface area is 225 Å². The van der Waals surface area contributed by atoms with E-state index in [4.69, 9.17) is 11.6 Å². The summed E-state index contributed by atoms with van der Waals surface area (Å²) in [4.78, 5) is 30.1. The molecule has 1 amide bonds. The summed E-state index contributed by atoms with van der Waals surface area (Å²) in [6.45, 7) is 0. The number of nitrogens with one attached hydrogen (secondary N) is 1. The molecule has 0 saturated heterocycles. The van der Waals surface area contributed by atoms with Crippen LogP contribution in [0.3, 0.4) is 0 Å². The van der Waals surface area contributed by atoms with E-state index in [1.165, 1.54) is 18.2 Å². The Kier molecular flexibility index (Phi) is 8.15. The number of ketones is 1. The number of rotatable bonds is 7. The number of hydrogen-bond acceptors (Lipinski definition) is 5. The zero-order chi connectivity index (χ0) is 27.3. The van der Waals surface area contributed by atoms with Crippen LogP contribution in [0.25, 0.3) is 11.3 Å². The number of anilines is 1. The van der Waals surface area contributed by atoms with Crippen molar-refractivity contribution in [2.45, 2.75) is 11.2 Å². The predicted molar refractivity (Wildman–Crippen MR) is 140 cm³/mol. The fourth-order valence-corrected chi connectivity index (χ4v) is 4.57. The maximum absolute atomic E-state index is 13.8. The Morgan fingerprint density at radius 3 is 2.26 bits per heavy atom. The summed E-state index contributed by atoms with van der Waals surface area (Å²) in [5.41, 5.74) is -0.613. The van der Waals surface area contributed by atoms with E-state index >= 15 is 0 Å². The number of benzene rings is 3. The summed E-state index contributed by atoms with van der Waals surface area (Å²) in [6.07, 6.45) is -4.80. The van der Waals surface area contributed by atoms with Crippen molar-refractivity contribution in [1.29, 1.82) is 5.26 Å². The van der Waals surface area contributed by atoms with Crippen molar-refractivity contribution >= 4 is 40.7 Å². The van der Waals surface area contributed by atoms with Gasteiger partial charge in [-0.1, -0.05) is 84.0 Å². The van der Waals surface area contributed by atoms with Crippen molar-refractivity contribution in [1.82, 2.24) is 4.98 Å². The fourth-order valence-electron chi connectivity index (χ4n) is 3.59. The number of halogens is 4. The van der Waals surface area contributed by atoms with E-state index in [2.05, 4.69) is 10.3 Å². The molecule has 0 aliphatic rings. The number of carbonyl (C=O) groups is 2. The number of nitrogens with zero attached hydrogens (tertiary/aromatic N) is 2. The molecule has 3 aromatic carbocycles. The van der Waals surface area contributed by atoms with Crippen LogP contribution in [0.2, 0.25) is 5.02 Å². The van der Waals surface area contributed by atoms with Gasteiger partial charge in [-0.05, 0) is 24.3 Å². The second-order valence-corrected chi connectivity index (χ2v) is 9.33. The molecule has 0 fully saturated rings. The second kappa shape index (κ2) is 11.5. The number of carbonyl (C=O) groups excluding carboxylic acids is 2. The third-order valence-electron chi connectivity index (χ3n) is 5.35. The van der Waals surface area contributed by atoms with Gasteiger partial charge in [0, 0.05) is 21.7 Å². The van der Waals surface area contributed by atoms with E-state index in [0.717, 1.165) is 6.07 Å². The van der Waals surface area contributed by atoms with Crippen LogP contribution >= 0.6 is 23.4 Å². The summed E-state index contributed by atoms with van der Waals surface area (Å²) in [5, 5.41) is 12.2. The van der Waals surface area contributed by atoms with Gasteiger partial charge in [0.05, 0.1) is 28.3 Å². The van der Waals surface area contributed by atoms with Crippen LogP contribution < -0.4 is 5.32 Å². The van der Waals surface area contributed by atoms with Gasteiger partial charge in [0.25, 0.3) is 0 Å². The molecule has 0 unspecified atom stereocenters. The summed E-state index contributed by atoms with van der Waals surface area (Å²) >= 11 is 6.77. The summed E-state index contributed by atoms with van der Waals surface area (Å²) in [6, 6.07) is 23.4. The van der Waals surface area contributed by atoms with E-state index in [1.54, 1.807) is 66.7 Å². The van der Waals surface area contributed by atoms with Gasteiger partial charge in [-0.15, -0.1) is 0 Å². The Bertz CT molecular complexity index is 1540. The van der Waals surface area contributed by atoms with Gasteiger partial charge in [0.2, 0.25) is 5.91 Å². The number of nitriles is 1. The lowest BCUT2D eigenvalue weighted by molar-refractivity contribution is -0.138. The van der Waals surface area contributed by atoms with Gasteiger partial charge >= 0.3 is 6.18 Å². The molecule has 0 bridgehead atoms. The topological polar surface area (TPSA) is 82.8 Å². The lowest BCUT2D eigenvalue weighted by Crippen LogP contribution is -2.17.